The topological polar surface area (TPSA) is 42.1 Å². The van der Waals surface area contributed by atoms with Crippen LogP contribution in [0.1, 0.15) is 24.2 Å². The molecular formula is C20H21N3S. The minimum Gasteiger partial charge on any atom is -0.399 e. The highest BCUT2D eigenvalue weighted by Gasteiger charge is 2.14. The molecule has 0 radical (unpaired) electrons. The van der Waals surface area contributed by atoms with Crippen molar-refractivity contribution in [2.45, 2.75) is 24.7 Å². The van der Waals surface area contributed by atoms with Gasteiger partial charge in [0.1, 0.15) is 5.69 Å². The van der Waals surface area contributed by atoms with Crippen molar-refractivity contribution < 1.29 is 0 Å². The predicted octanol–water partition coefficient (Wildman–Crippen LogP) is 4.05. The van der Waals surface area contributed by atoms with Gasteiger partial charge in [-0.15, -0.1) is 0 Å². The molecule has 4 heteroatoms. The van der Waals surface area contributed by atoms with Gasteiger partial charge in [0.05, 0.1) is 0 Å². The summed E-state index contributed by atoms with van der Waals surface area (Å²) < 4.78 is 2.40. The molecule has 0 unspecified atom stereocenters. The molecule has 0 spiro atoms. The number of allylic oxidation sites excluding steroid dienone is 1. The van der Waals surface area contributed by atoms with Crippen molar-refractivity contribution in [3.8, 4) is 11.8 Å². The van der Waals surface area contributed by atoms with Gasteiger partial charge in [-0.3, -0.25) is 0 Å². The first-order chi connectivity index (χ1) is 11.7. The van der Waals surface area contributed by atoms with Crippen LogP contribution in [0, 0.1) is 18.8 Å². The number of anilines is 1. The van der Waals surface area contributed by atoms with Crippen molar-refractivity contribution in [3.63, 3.8) is 0 Å². The molecule has 1 saturated heterocycles. The molecule has 0 amide bonds. The Morgan fingerprint density at radius 1 is 1.12 bits per heavy atom. The number of pyridine rings is 1. The molecule has 0 atom stereocenters. The third kappa shape index (κ3) is 4.89. The molecule has 0 aliphatic carbocycles. The molecule has 2 aromatic rings. The fourth-order valence-electron chi connectivity index (χ4n) is 2.51. The van der Waals surface area contributed by atoms with E-state index in [-0.39, 0.29) is 0 Å². The number of rotatable bonds is 2. The molecule has 2 heterocycles. The smallest absolute Gasteiger partial charge is 0.113 e. The van der Waals surface area contributed by atoms with Gasteiger partial charge in [0.2, 0.25) is 0 Å². The summed E-state index contributed by atoms with van der Waals surface area (Å²) in [5.74, 6) is 6.28. The van der Waals surface area contributed by atoms with Gasteiger partial charge >= 0.3 is 0 Å². The summed E-state index contributed by atoms with van der Waals surface area (Å²) in [5.41, 5.74) is 9.80. The van der Waals surface area contributed by atoms with Crippen LogP contribution in [0.3, 0.4) is 0 Å². The van der Waals surface area contributed by atoms with Gasteiger partial charge in [0, 0.05) is 29.4 Å². The quantitative estimate of drug-likeness (QED) is 0.511. The standard InChI is InChI=1S/C20H21N3S/c1-16-4-2-6-19(22-16)7-3-5-17-12-14-23(15-13-17)24-20-10-8-18(21)9-11-20/h2,4-6,8-11H,12-15,21H2,1H3. The zero-order valence-corrected chi connectivity index (χ0v) is 14.6. The summed E-state index contributed by atoms with van der Waals surface area (Å²) in [6, 6.07) is 14.0. The van der Waals surface area contributed by atoms with E-state index in [1.54, 1.807) is 11.9 Å². The van der Waals surface area contributed by atoms with Gasteiger partial charge in [0.25, 0.3) is 0 Å². The average Bonchev–Trinajstić information content (AvgIpc) is 2.59. The lowest BCUT2D eigenvalue weighted by atomic mass is 10.1. The van der Waals surface area contributed by atoms with Gasteiger partial charge in [-0.05, 0) is 80.1 Å². The second-order valence-corrected chi connectivity index (χ2v) is 7.00. The predicted molar refractivity (Wildman–Crippen MR) is 101 cm³/mol. The third-order valence-corrected chi connectivity index (χ3v) is 4.95. The van der Waals surface area contributed by atoms with Gasteiger partial charge in [-0.2, -0.15) is 0 Å². The van der Waals surface area contributed by atoms with Crippen LogP contribution in [0.2, 0.25) is 0 Å². The second kappa shape index (κ2) is 8.05. The number of aromatic nitrogens is 1. The normalized spacial score (nSPS) is 14.8. The van der Waals surface area contributed by atoms with Gasteiger partial charge in [-0.1, -0.05) is 17.6 Å². The summed E-state index contributed by atoms with van der Waals surface area (Å²) in [7, 11) is 0. The highest BCUT2D eigenvalue weighted by atomic mass is 32.2. The summed E-state index contributed by atoms with van der Waals surface area (Å²) in [6.07, 6.45) is 4.20. The largest absolute Gasteiger partial charge is 0.399 e. The maximum atomic E-state index is 5.73. The van der Waals surface area contributed by atoms with E-state index < -0.39 is 0 Å². The van der Waals surface area contributed by atoms with Crippen LogP contribution in [-0.2, 0) is 0 Å². The van der Waals surface area contributed by atoms with E-state index in [0.717, 1.165) is 43.0 Å². The number of nitrogens with two attached hydrogens (primary N) is 1. The lowest BCUT2D eigenvalue weighted by molar-refractivity contribution is 0.434. The Morgan fingerprint density at radius 3 is 2.58 bits per heavy atom. The van der Waals surface area contributed by atoms with E-state index in [1.165, 1.54) is 10.5 Å². The molecule has 2 N–H and O–H groups in total. The molecule has 0 bridgehead atoms. The maximum Gasteiger partial charge on any atom is 0.113 e. The number of piperidine rings is 1. The van der Waals surface area contributed by atoms with Crippen molar-refractivity contribution in [1.29, 1.82) is 0 Å². The molecule has 0 saturated carbocycles. The lowest BCUT2D eigenvalue weighted by Crippen LogP contribution is -2.24. The van der Waals surface area contributed by atoms with Crippen LogP contribution in [-0.4, -0.2) is 22.4 Å². The Hall–Kier alpha value is -2.22. The first kappa shape index (κ1) is 16.6. The fourth-order valence-corrected chi connectivity index (χ4v) is 3.43. The van der Waals surface area contributed by atoms with E-state index in [0.29, 0.717) is 0 Å². The van der Waals surface area contributed by atoms with E-state index in [4.69, 9.17) is 5.73 Å². The Balaban J connectivity index is 1.52. The SMILES string of the molecule is Cc1cccc(C#CC=C2CCN(Sc3ccc(N)cc3)CC2)n1. The Bertz CT molecular complexity index is 775. The van der Waals surface area contributed by atoms with E-state index in [1.807, 2.05) is 37.3 Å². The highest BCUT2D eigenvalue weighted by molar-refractivity contribution is 7.97. The Labute approximate surface area is 148 Å². The van der Waals surface area contributed by atoms with E-state index in [2.05, 4.69) is 39.3 Å². The van der Waals surface area contributed by atoms with Crippen LogP contribution in [0.5, 0.6) is 0 Å². The van der Waals surface area contributed by atoms with Crippen molar-refractivity contribution >= 4 is 17.6 Å². The molecule has 1 aromatic carbocycles. The molecule has 1 aliphatic heterocycles. The first-order valence-electron chi connectivity index (χ1n) is 8.10. The minimum atomic E-state index is 0.810. The van der Waals surface area contributed by atoms with Gasteiger partial charge in [-0.25, -0.2) is 9.29 Å². The van der Waals surface area contributed by atoms with Crippen LogP contribution in [0.15, 0.2) is 59.0 Å². The maximum absolute atomic E-state index is 5.73. The highest BCUT2D eigenvalue weighted by Crippen LogP contribution is 2.28. The zero-order valence-electron chi connectivity index (χ0n) is 13.8. The van der Waals surface area contributed by atoms with Gasteiger partial charge in [0.15, 0.2) is 0 Å². The fraction of sp³-hybridized carbons (Fsp3) is 0.250. The molecule has 24 heavy (non-hydrogen) atoms. The van der Waals surface area contributed by atoms with E-state index >= 15 is 0 Å². The summed E-state index contributed by atoms with van der Waals surface area (Å²) >= 11 is 1.80. The Kier molecular flexibility index (Phi) is 5.58. The molecular weight excluding hydrogens is 314 g/mol. The van der Waals surface area contributed by atoms with Crippen molar-refractivity contribution in [3.05, 3.63) is 65.5 Å². The van der Waals surface area contributed by atoms with Crippen molar-refractivity contribution in [1.82, 2.24) is 9.29 Å². The zero-order chi connectivity index (χ0) is 16.8. The third-order valence-electron chi connectivity index (χ3n) is 3.84. The molecule has 3 rings (SSSR count). The molecule has 1 fully saturated rings. The molecule has 3 nitrogen and oxygen atoms in total. The summed E-state index contributed by atoms with van der Waals surface area (Å²) in [4.78, 5) is 5.64. The van der Waals surface area contributed by atoms with Crippen LogP contribution >= 0.6 is 11.9 Å². The number of nitrogens with zero attached hydrogens (tertiary/aromatic N) is 2. The van der Waals surface area contributed by atoms with Crippen molar-refractivity contribution in [2.24, 2.45) is 0 Å². The number of aryl methyl sites for hydroxylation is 1. The van der Waals surface area contributed by atoms with Crippen LogP contribution in [0.25, 0.3) is 0 Å². The van der Waals surface area contributed by atoms with Crippen molar-refractivity contribution in [2.75, 3.05) is 18.8 Å². The average molecular weight is 335 g/mol. The molecule has 122 valence electrons. The monoisotopic (exact) mass is 335 g/mol. The number of hydrogen-bond donors (Lipinski definition) is 1. The molecule has 1 aromatic heterocycles. The van der Waals surface area contributed by atoms with E-state index in [9.17, 15) is 0 Å². The first-order valence-corrected chi connectivity index (χ1v) is 8.88. The number of benzene rings is 1. The minimum absolute atomic E-state index is 0.810. The molecule has 1 aliphatic rings. The van der Waals surface area contributed by atoms with Crippen LogP contribution in [0.4, 0.5) is 5.69 Å². The summed E-state index contributed by atoms with van der Waals surface area (Å²) in [6.45, 7) is 4.08. The number of nitrogen functional groups attached to an aromatic ring is 1. The van der Waals surface area contributed by atoms with Crippen LogP contribution < -0.4 is 5.73 Å². The summed E-state index contributed by atoms with van der Waals surface area (Å²) in [5, 5.41) is 0. The Morgan fingerprint density at radius 2 is 1.88 bits per heavy atom. The second-order valence-electron chi connectivity index (χ2n) is 5.83. The van der Waals surface area contributed by atoms with Gasteiger partial charge < -0.3 is 5.73 Å². The lowest BCUT2D eigenvalue weighted by Gasteiger charge is -2.26. The number of hydrogen-bond acceptors (Lipinski definition) is 4.